The standard InChI is InChI=1S/C12H16ClN3O2S2/c13-10-6-9-11(19-10)20(17,18)16-12(15-9)14-7-8-4-2-1-3-5-8/h6,8H,1-5,7H2,(H2,14,15,16). The van der Waals surface area contributed by atoms with Crippen molar-refractivity contribution in [1.29, 1.82) is 0 Å². The van der Waals surface area contributed by atoms with Crippen LogP contribution in [0.3, 0.4) is 0 Å². The van der Waals surface area contributed by atoms with E-state index in [1.807, 2.05) is 0 Å². The highest BCUT2D eigenvalue weighted by atomic mass is 35.5. The summed E-state index contributed by atoms with van der Waals surface area (Å²) in [6, 6.07) is 1.62. The summed E-state index contributed by atoms with van der Waals surface area (Å²) in [5.41, 5.74) is 0.515. The van der Waals surface area contributed by atoms with Gasteiger partial charge in [-0.15, -0.1) is 11.3 Å². The van der Waals surface area contributed by atoms with E-state index >= 15 is 0 Å². The summed E-state index contributed by atoms with van der Waals surface area (Å²) in [6.45, 7) is 0.665. The van der Waals surface area contributed by atoms with Gasteiger partial charge in [-0.05, 0) is 24.8 Å². The second kappa shape index (κ2) is 5.54. The molecule has 0 amide bonds. The molecule has 1 saturated carbocycles. The molecule has 1 aliphatic carbocycles. The van der Waals surface area contributed by atoms with Crippen molar-refractivity contribution < 1.29 is 8.42 Å². The van der Waals surface area contributed by atoms with Gasteiger partial charge >= 0.3 is 0 Å². The lowest BCUT2D eigenvalue weighted by molar-refractivity contribution is 0.367. The van der Waals surface area contributed by atoms with Crippen LogP contribution in [0.4, 0.5) is 5.69 Å². The molecule has 1 aliphatic heterocycles. The minimum Gasteiger partial charge on any atom is -0.324 e. The molecular weight excluding hydrogens is 318 g/mol. The Morgan fingerprint density at radius 2 is 2.10 bits per heavy atom. The van der Waals surface area contributed by atoms with Gasteiger partial charge in [0.2, 0.25) is 5.96 Å². The Balaban J connectivity index is 1.76. The number of hydrogen-bond donors (Lipinski definition) is 2. The summed E-state index contributed by atoms with van der Waals surface area (Å²) in [5, 5.41) is 3.00. The number of rotatable bonds is 2. The van der Waals surface area contributed by atoms with Crippen LogP contribution in [0, 0.1) is 5.92 Å². The predicted molar refractivity (Wildman–Crippen MR) is 82.2 cm³/mol. The fraction of sp³-hybridized carbons (Fsp3) is 0.583. The Bertz CT molecular complexity index is 633. The molecule has 1 aromatic rings. The molecule has 20 heavy (non-hydrogen) atoms. The lowest BCUT2D eigenvalue weighted by Gasteiger charge is -2.22. The maximum Gasteiger partial charge on any atom is 0.275 e. The molecule has 3 rings (SSSR count). The van der Waals surface area contributed by atoms with Gasteiger partial charge in [-0.2, -0.15) is 0 Å². The van der Waals surface area contributed by atoms with Gasteiger partial charge in [0.15, 0.2) is 4.21 Å². The van der Waals surface area contributed by atoms with Crippen LogP contribution in [0.15, 0.2) is 15.3 Å². The smallest absolute Gasteiger partial charge is 0.275 e. The van der Waals surface area contributed by atoms with Gasteiger partial charge in [0.1, 0.15) is 0 Å². The lowest BCUT2D eigenvalue weighted by Crippen LogP contribution is -2.40. The third-order valence-electron chi connectivity index (χ3n) is 3.63. The fourth-order valence-corrected chi connectivity index (χ4v) is 5.37. The molecule has 8 heteroatoms. The van der Waals surface area contributed by atoms with Gasteiger partial charge in [0, 0.05) is 6.54 Å². The Morgan fingerprint density at radius 3 is 2.85 bits per heavy atom. The quantitative estimate of drug-likeness (QED) is 0.873. The van der Waals surface area contributed by atoms with Crippen molar-refractivity contribution in [3.05, 3.63) is 10.4 Å². The molecule has 2 N–H and O–H groups in total. The number of nitrogens with one attached hydrogen (secondary N) is 2. The number of fused-ring (bicyclic) bond motifs is 1. The molecule has 0 radical (unpaired) electrons. The van der Waals surface area contributed by atoms with Gasteiger partial charge in [-0.25, -0.2) is 13.1 Å². The second-order valence-corrected chi connectivity index (χ2v) is 8.74. The van der Waals surface area contributed by atoms with E-state index in [-0.39, 0.29) is 4.21 Å². The first kappa shape index (κ1) is 14.2. The van der Waals surface area contributed by atoms with Crippen molar-refractivity contribution in [2.45, 2.75) is 36.3 Å². The van der Waals surface area contributed by atoms with Crippen LogP contribution in [0.2, 0.25) is 4.34 Å². The summed E-state index contributed by atoms with van der Waals surface area (Å²) in [7, 11) is -3.53. The number of halogens is 1. The zero-order chi connectivity index (χ0) is 14.2. The summed E-state index contributed by atoms with van der Waals surface area (Å²) < 4.78 is 27.3. The minimum atomic E-state index is -3.53. The van der Waals surface area contributed by atoms with E-state index in [1.54, 1.807) is 6.07 Å². The molecule has 1 fully saturated rings. The fourth-order valence-electron chi connectivity index (χ4n) is 2.62. The van der Waals surface area contributed by atoms with Gasteiger partial charge in [0.05, 0.1) is 10.0 Å². The molecule has 0 bridgehead atoms. The topological polar surface area (TPSA) is 70.6 Å². The number of anilines is 1. The summed E-state index contributed by atoms with van der Waals surface area (Å²) in [5.74, 6) is 0.868. The van der Waals surface area contributed by atoms with Gasteiger partial charge in [-0.1, -0.05) is 30.9 Å². The van der Waals surface area contributed by atoms with E-state index in [0.717, 1.165) is 11.3 Å². The molecule has 0 saturated heterocycles. The van der Waals surface area contributed by atoms with E-state index < -0.39 is 10.0 Å². The van der Waals surface area contributed by atoms with Crippen LogP contribution < -0.4 is 10.0 Å². The normalized spacial score (nSPS) is 23.9. The van der Waals surface area contributed by atoms with Crippen LogP contribution in [-0.4, -0.2) is 20.9 Å². The van der Waals surface area contributed by atoms with Crippen LogP contribution in [0.1, 0.15) is 32.1 Å². The zero-order valence-corrected chi connectivity index (χ0v) is 13.2. The van der Waals surface area contributed by atoms with Crippen LogP contribution in [0.25, 0.3) is 0 Å². The molecule has 5 nitrogen and oxygen atoms in total. The SMILES string of the molecule is O=S1(=O)NC(=NCC2CCCCC2)Nc2cc(Cl)sc21. The highest BCUT2D eigenvalue weighted by Crippen LogP contribution is 2.36. The number of guanidine groups is 1. The molecule has 2 aliphatic rings. The van der Waals surface area contributed by atoms with E-state index in [9.17, 15) is 8.42 Å². The number of sulfonamides is 1. The summed E-state index contributed by atoms with van der Waals surface area (Å²) >= 11 is 6.91. The Labute approximate surface area is 127 Å². The maximum absolute atomic E-state index is 12.1. The molecule has 0 aromatic carbocycles. The first-order valence-corrected chi connectivity index (χ1v) is 9.36. The largest absolute Gasteiger partial charge is 0.324 e. The maximum atomic E-state index is 12.1. The number of nitrogens with zero attached hydrogens (tertiary/aromatic N) is 1. The van der Waals surface area contributed by atoms with Crippen LogP contribution in [-0.2, 0) is 10.0 Å². The highest BCUT2D eigenvalue weighted by Gasteiger charge is 2.29. The molecule has 0 spiro atoms. The molecule has 2 heterocycles. The lowest BCUT2D eigenvalue weighted by atomic mass is 9.89. The Kier molecular flexibility index (Phi) is 3.92. The Hall–Kier alpha value is -0.790. The average Bonchev–Trinajstić information content (AvgIpc) is 2.79. The molecule has 0 atom stereocenters. The molecule has 0 unspecified atom stereocenters. The number of hydrogen-bond acceptors (Lipinski definition) is 4. The molecular formula is C12H16ClN3O2S2. The third kappa shape index (κ3) is 2.94. The Morgan fingerprint density at radius 1 is 1.35 bits per heavy atom. The first-order chi connectivity index (χ1) is 9.54. The number of thiophene rings is 1. The van der Waals surface area contributed by atoms with E-state index in [2.05, 4.69) is 15.0 Å². The monoisotopic (exact) mass is 333 g/mol. The summed E-state index contributed by atoms with van der Waals surface area (Å²) in [4.78, 5) is 4.39. The van der Waals surface area contributed by atoms with Crippen molar-refractivity contribution in [3.63, 3.8) is 0 Å². The van der Waals surface area contributed by atoms with Crippen molar-refractivity contribution in [2.24, 2.45) is 10.9 Å². The van der Waals surface area contributed by atoms with Crippen molar-refractivity contribution in [3.8, 4) is 0 Å². The first-order valence-electron chi connectivity index (χ1n) is 6.68. The van der Waals surface area contributed by atoms with Crippen LogP contribution in [0.5, 0.6) is 0 Å². The number of aliphatic imine (C=N–C) groups is 1. The van der Waals surface area contributed by atoms with Gasteiger partial charge in [-0.3, -0.25) is 4.99 Å². The second-order valence-electron chi connectivity index (χ2n) is 5.18. The van der Waals surface area contributed by atoms with Crippen molar-refractivity contribution in [2.75, 3.05) is 11.9 Å². The highest BCUT2D eigenvalue weighted by molar-refractivity contribution is 7.92. The van der Waals surface area contributed by atoms with E-state index in [1.165, 1.54) is 32.1 Å². The van der Waals surface area contributed by atoms with E-state index in [4.69, 9.17) is 11.6 Å². The molecule has 110 valence electrons. The van der Waals surface area contributed by atoms with Gasteiger partial charge < -0.3 is 5.32 Å². The van der Waals surface area contributed by atoms with Gasteiger partial charge in [0.25, 0.3) is 10.0 Å². The minimum absolute atomic E-state index is 0.221. The predicted octanol–water partition coefficient (Wildman–Crippen LogP) is 3.04. The zero-order valence-electron chi connectivity index (χ0n) is 10.9. The van der Waals surface area contributed by atoms with E-state index in [0.29, 0.717) is 28.4 Å². The van der Waals surface area contributed by atoms with Crippen LogP contribution >= 0.6 is 22.9 Å². The van der Waals surface area contributed by atoms with Crippen molar-refractivity contribution >= 4 is 44.6 Å². The molecule has 1 aromatic heterocycles. The summed E-state index contributed by atoms with van der Waals surface area (Å²) in [6.07, 6.45) is 6.16. The van der Waals surface area contributed by atoms with Crippen molar-refractivity contribution in [1.82, 2.24) is 4.72 Å². The average molecular weight is 334 g/mol. The third-order valence-corrected chi connectivity index (χ3v) is 6.77.